The van der Waals surface area contributed by atoms with E-state index in [-0.39, 0.29) is 22.1 Å². The topological polar surface area (TPSA) is 33.5 Å². The van der Waals surface area contributed by atoms with Crippen LogP contribution in [0, 0.1) is 19.6 Å². The molecule has 0 saturated carbocycles. The Morgan fingerprint density at radius 1 is 0.580 bits per heavy atom. The molecule has 340 valence electrons. The van der Waals surface area contributed by atoms with Gasteiger partial charge in [0.15, 0.2) is 0 Å². The molecule has 0 amide bonds. The van der Waals surface area contributed by atoms with Crippen molar-refractivity contribution in [2.24, 2.45) is 5.92 Å². The van der Waals surface area contributed by atoms with Crippen molar-refractivity contribution in [3.63, 3.8) is 0 Å². The number of hydrogen-bond donors (Lipinski definition) is 0. The lowest BCUT2D eigenvalue weighted by Crippen LogP contribution is -2.25. The molecule has 0 radical (unpaired) electrons. The maximum atomic E-state index is 9.00. The number of nitrogens with zero attached hydrogens (tertiary/aromatic N) is 4. The van der Waals surface area contributed by atoms with Crippen molar-refractivity contribution >= 4 is 44.6 Å². The molecule has 0 unspecified atom stereocenters. The molecule has 0 aliphatic carbocycles. The van der Waals surface area contributed by atoms with Crippen LogP contribution in [-0.2, 0) is 11.8 Å². The van der Waals surface area contributed by atoms with Gasteiger partial charge >= 0.3 is 0 Å². The Morgan fingerprint density at radius 2 is 1.29 bits per heavy atom. The summed E-state index contributed by atoms with van der Waals surface area (Å²) in [5.74, 6) is 1.75. The molecule has 0 saturated heterocycles. The van der Waals surface area contributed by atoms with Crippen molar-refractivity contribution in [1.82, 2.24) is 9.55 Å². The largest absolute Gasteiger partial charge is 0.457 e. The third-order valence-corrected chi connectivity index (χ3v) is 13.1. The first-order chi connectivity index (χ1) is 36.7. The van der Waals surface area contributed by atoms with Crippen LogP contribution < -0.4 is 14.5 Å². The fourth-order valence-corrected chi connectivity index (χ4v) is 9.81. The third-order valence-electron chi connectivity index (χ3n) is 13.1. The first-order valence-electron chi connectivity index (χ1n) is 27.6. The van der Waals surface area contributed by atoms with Crippen LogP contribution >= 0.6 is 0 Å². The maximum Gasteiger partial charge on any atom is 0.137 e. The van der Waals surface area contributed by atoms with Gasteiger partial charge in [0.2, 0.25) is 0 Å². The fraction of sp³-hybridized carbons (Fsp3) is 0.172. The van der Waals surface area contributed by atoms with Crippen LogP contribution in [0.5, 0.6) is 11.5 Å². The number of benzene rings is 8. The molecule has 5 heteroatoms. The minimum absolute atomic E-state index is 0.0426. The average Bonchev–Trinajstić information content (AvgIpc) is 4.02. The zero-order chi connectivity index (χ0) is 54.2. The van der Waals surface area contributed by atoms with Crippen LogP contribution in [0.2, 0.25) is 0 Å². The van der Waals surface area contributed by atoms with E-state index >= 15 is 0 Å². The van der Waals surface area contributed by atoms with Crippen LogP contribution in [0.3, 0.4) is 0 Å². The molecule has 1 aliphatic heterocycles. The molecule has 0 N–H and O–H groups in total. The number of anilines is 4. The molecular formula is C64H58N4O. The van der Waals surface area contributed by atoms with Gasteiger partial charge in [-0.25, -0.2) is 4.98 Å². The number of aromatic nitrogens is 2. The van der Waals surface area contributed by atoms with Gasteiger partial charge in [-0.3, -0.25) is 4.57 Å². The highest BCUT2D eigenvalue weighted by Gasteiger charge is 2.32. The second-order valence-corrected chi connectivity index (χ2v) is 19.2. The highest BCUT2D eigenvalue weighted by molar-refractivity contribution is 6.09. The van der Waals surface area contributed by atoms with Gasteiger partial charge in [-0.2, -0.15) is 0 Å². The van der Waals surface area contributed by atoms with E-state index in [9.17, 15) is 0 Å². The fourth-order valence-electron chi connectivity index (χ4n) is 9.81. The lowest BCUT2D eigenvalue weighted by atomic mass is 9.88. The van der Waals surface area contributed by atoms with E-state index in [4.69, 9.17) is 20.7 Å². The van der Waals surface area contributed by atoms with E-state index in [1.165, 1.54) is 11.6 Å². The minimum Gasteiger partial charge on any atom is -0.457 e. The van der Waals surface area contributed by atoms with E-state index in [0.717, 1.165) is 61.5 Å². The first-order valence-corrected chi connectivity index (χ1v) is 23.6. The summed E-state index contributed by atoms with van der Waals surface area (Å²) in [6, 6.07) is 60.9. The number of rotatable bonds is 10. The SMILES string of the molecule is [2H]C([2H])([2H])c1cc(C([2H])([2H])C(C)C)ccc1-c1ccc(-c2cccc(-c3ccccc3)c2N2CN(c3cccc(Oc4ccc5c6ccccc6n(-c6cc(C(C)(C)C)ccn6)c5c4)c3)c3ccccc32)c(C([2H])([2H])[2H])c1. The summed E-state index contributed by atoms with van der Waals surface area (Å²) >= 11 is 0. The molecule has 3 heterocycles. The van der Waals surface area contributed by atoms with Crippen LogP contribution in [-0.4, -0.2) is 16.2 Å². The summed E-state index contributed by atoms with van der Waals surface area (Å²) in [5.41, 5.74) is 10.7. The quantitative estimate of drug-likeness (QED) is 0.137. The predicted molar refractivity (Wildman–Crippen MR) is 290 cm³/mol. The van der Waals surface area contributed by atoms with Crippen LogP contribution in [0.15, 0.2) is 194 Å². The Labute approximate surface area is 418 Å². The molecule has 8 aromatic carbocycles. The molecule has 1 aliphatic rings. The van der Waals surface area contributed by atoms with E-state index in [2.05, 4.69) is 120 Å². The van der Waals surface area contributed by atoms with Crippen molar-refractivity contribution in [1.29, 1.82) is 0 Å². The van der Waals surface area contributed by atoms with Gasteiger partial charge in [0.05, 0.1) is 28.1 Å². The van der Waals surface area contributed by atoms with Crippen LogP contribution in [0.25, 0.3) is 61.0 Å². The standard InChI is InChI=1S/C64H58N4O/c1-42(2)35-45-27-30-52(43(3)36-45)47-28-31-53(44(4)37-47)57-23-16-22-54(46-17-9-8-10-18-46)63(57)67-41-66(59-25-13-14-26-60(59)67)49-19-15-20-50(39-49)69-51-29-32-56-55-21-11-12-24-58(55)68(61(56)40-51)62-38-48(33-34-65-62)64(5,6)7/h8-34,36-40,42H,35,41H2,1-7H3/i3D3,4D3,35D2. The molecule has 0 spiro atoms. The second-order valence-electron chi connectivity index (χ2n) is 19.2. The highest BCUT2D eigenvalue weighted by atomic mass is 16.5. The van der Waals surface area contributed by atoms with Crippen molar-refractivity contribution in [2.75, 3.05) is 16.5 Å². The molecule has 0 fully saturated rings. The van der Waals surface area contributed by atoms with Gasteiger partial charge in [0.25, 0.3) is 0 Å². The molecular weight excluding hydrogens is 841 g/mol. The van der Waals surface area contributed by atoms with E-state index in [1.54, 1.807) is 44.2 Å². The van der Waals surface area contributed by atoms with Gasteiger partial charge in [-0.05, 0) is 131 Å². The summed E-state index contributed by atoms with van der Waals surface area (Å²) in [6.45, 7) is 5.27. The summed E-state index contributed by atoms with van der Waals surface area (Å²) in [7, 11) is 0. The summed E-state index contributed by atoms with van der Waals surface area (Å²) in [6.07, 6.45) is 0.0952. The van der Waals surface area contributed by atoms with Gasteiger partial charge in [0, 0.05) is 56.9 Å². The van der Waals surface area contributed by atoms with Gasteiger partial charge in [-0.1, -0.05) is 156 Å². The zero-order valence-electron chi connectivity index (χ0n) is 47.5. The molecule has 5 nitrogen and oxygen atoms in total. The number of para-hydroxylation sites is 4. The smallest absolute Gasteiger partial charge is 0.137 e. The van der Waals surface area contributed by atoms with Gasteiger partial charge < -0.3 is 14.5 Å². The lowest BCUT2D eigenvalue weighted by molar-refractivity contribution is 0.483. The number of pyridine rings is 1. The zero-order valence-corrected chi connectivity index (χ0v) is 39.5. The summed E-state index contributed by atoms with van der Waals surface area (Å²) in [4.78, 5) is 9.34. The monoisotopic (exact) mass is 907 g/mol. The minimum atomic E-state index is -2.62. The van der Waals surface area contributed by atoms with E-state index in [0.29, 0.717) is 40.4 Å². The van der Waals surface area contributed by atoms with Crippen molar-refractivity contribution in [3.05, 3.63) is 217 Å². The Hall–Kier alpha value is -7.89. The summed E-state index contributed by atoms with van der Waals surface area (Å²) < 4.78 is 79.1. The normalized spacial score (nSPS) is 14.9. The Bertz CT molecular complexity index is 3870. The second kappa shape index (κ2) is 17.6. The number of hydrogen-bond acceptors (Lipinski definition) is 4. The lowest BCUT2D eigenvalue weighted by Gasteiger charge is -2.28. The van der Waals surface area contributed by atoms with Crippen LogP contribution in [0.4, 0.5) is 22.7 Å². The van der Waals surface area contributed by atoms with Crippen molar-refractivity contribution < 1.29 is 15.7 Å². The molecule has 10 aromatic rings. The average molecular weight is 907 g/mol. The van der Waals surface area contributed by atoms with E-state index < -0.39 is 26.0 Å². The molecule has 69 heavy (non-hydrogen) atoms. The van der Waals surface area contributed by atoms with E-state index in [1.807, 2.05) is 72.9 Å². The molecule has 2 aromatic heterocycles. The molecule has 11 rings (SSSR count). The van der Waals surface area contributed by atoms with Gasteiger partial charge in [0.1, 0.15) is 24.0 Å². The van der Waals surface area contributed by atoms with Gasteiger partial charge in [-0.15, -0.1) is 0 Å². The molecule has 0 atom stereocenters. The number of aryl methyl sites for hydroxylation is 2. The number of ether oxygens (including phenoxy) is 1. The Kier molecular flexibility index (Phi) is 9.02. The van der Waals surface area contributed by atoms with Crippen molar-refractivity contribution in [3.8, 4) is 50.7 Å². The maximum absolute atomic E-state index is 9.00. The third kappa shape index (κ3) is 8.22. The Balaban J connectivity index is 0.997. The van der Waals surface area contributed by atoms with Crippen molar-refractivity contribution in [2.45, 2.75) is 60.1 Å². The number of fused-ring (bicyclic) bond motifs is 4. The summed E-state index contributed by atoms with van der Waals surface area (Å²) in [5, 5.41) is 2.22. The Morgan fingerprint density at radius 3 is 2.10 bits per heavy atom. The predicted octanol–water partition coefficient (Wildman–Crippen LogP) is 17.3. The highest BCUT2D eigenvalue weighted by Crippen LogP contribution is 2.51. The first kappa shape index (κ1) is 35.3. The molecule has 0 bridgehead atoms. The van der Waals surface area contributed by atoms with Crippen LogP contribution in [0.1, 0.15) is 67.8 Å².